The molecule has 5 aromatic rings. The Labute approximate surface area is 198 Å². The molecule has 3 aromatic heterocycles. The van der Waals surface area contributed by atoms with Crippen LogP contribution in [0.5, 0.6) is 5.75 Å². The number of hydrogen-bond donors (Lipinski definition) is 0. The van der Waals surface area contributed by atoms with E-state index in [0.717, 1.165) is 29.7 Å². The minimum Gasteiger partial charge on any atom is -0.494 e. The Morgan fingerprint density at radius 3 is 2.73 bits per heavy atom. The SMILES string of the molecule is CCCCOc1ccc(-c2nc3s/c(=C\c4ccc(-c5cccc(Cl)c5)o4)c(=O)n3n2)cc1. The number of nitrogens with zero attached hydrogens (tertiary/aromatic N) is 3. The fourth-order valence-corrected chi connectivity index (χ4v) is 4.43. The molecule has 0 aliphatic carbocycles. The van der Waals surface area contributed by atoms with Gasteiger partial charge in [-0.05, 0) is 55.0 Å². The topological polar surface area (TPSA) is 69.6 Å². The summed E-state index contributed by atoms with van der Waals surface area (Å²) in [7, 11) is 0. The van der Waals surface area contributed by atoms with E-state index in [9.17, 15) is 4.79 Å². The van der Waals surface area contributed by atoms with Crippen LogP contribution in [-0.2, 0) is 0 Å². The van der Waals surface area contributed by atoms with Crippen molar-refractivity contribution in [1.82, 2.24) is 14.6 Å². The molecule has 166 valence electrons. The average molecular weight is 478 g/mol. The number of fused-ring (bicyclic) bond motifs is 1. The van der Waals surface area contributed by atoms with Crippen molar-refractivity contribution in [2.75, 3.05) is 6.61 Å². The minimum atomic E-state index is -0.228. The first kappa shape index (κ1) is 21.4. The molecule has 8 heteroatoms. The molecule has 33 heavy (non-hydrogen) atoms. The first-order valence-electron chi connectivity index (χ1n) is 10.6. The van der Waals surface area contributed by atoms with Gasteiger partial charge in [0, 0.05) is 22.2 Å². The second kappa shape index (κ2) is 9.21. The summed E-state index contributed by atoms with van der Waals surface area (Å²) in [6, 6.07) is 18.7. The van der Waals surface area contributed by atoms with Gasteiger partial charge in [-0.1, -0.05) is 48.4 Å². The highest BCUT2D eigenvalue weighted by molar-refractivity contribution is 7.15. The van der Waals surface area contributed by atoms with Gasteiger partial charge >= 0.3 is 0 Å². The Bertz CT molecular complexity index is 1520. The first-order chi connectivity index (χ1) is 16.1. The number of aromatic nitrogens is 3. The Hall–Kier alpha value is -3.42. The molecule has 0 atom stereocenters. The zero-order valence-electron chi connectivity index (χ0n) is 17.8. The molecule has 0 saturated heterocycles. The highest BCUT2D eigenvalue weighted by Gasteiger charge is 2.13. The van der Waals surface area contributed by atoms with Crippen LogP contribution in [0.2, 0.25) is 5.02 Å². The van der Waals surface area contributed by atoms with Gasteiger partial charge in [0.1, 0.15) is 21.8 Å². The number of ether oxygens (including phenoxy) is 1. The predicted molar refractivity (Wildman–Crippen MR) is 131 cm³/mol. The number of unbranched alkanes of at least 4 members (excludes halogenated alkanes) is 1. The lowest BCUT2D eigenvalue weighted by Crippen LogP contribution is -2.23. The third-order valence-corrected chi connectivity index (χ3v) is 6.26. The van der Waals surface area contributed by atoms with Crippen LogP contribution in [0.4, 0.5) is 0 Å². The third kappa shape index (κ3) is 4.55. The second-order valence-electron chi connectivity index (χ2n) is 7.48. The lowest BCUT2D eigenvalue weighted by molar-refractivity contribution is 0.309. The van der Waals surface area contributed by atoms with Gasteiger partial charge in [-0.3, -0.25) is 4.79 Å². The fourth-order valence-electron chi connectivity index (χ4n) is 3.35. The molecule has 0 radical (unpaired) electrons. The van der Waals surface area contributed by atoms with Gasteiger partial charge in [0.05, 0.1) is 6.61 Å². The minimum absolute atomic E-state index is 0.228. The van der Waals surface area contributed by atoms with Gasteiger partial charge in [-0.25, -0.2) is 0 Å². The molecule has 0 aliphatic heterocycles. The summed E-state index contributed by atoms with van der Waals surface area (Å²) in [5, 5.41) is 5.05. The van der Waals surface area contributed by atoms with E-state index < -0.39 is 0 Å². The number of furan rings is 1. The maximum absolute atomic E-state index is 12.9. The number of halogens is 1. The van der Waals surface area contributed by atoms with Crippen LogP contribution in [0.3, 0.4) is 0 Å². The van der Waals surface area contributed by atoms with Crippen LogP contribution in [-0.4, -0.2) is 21.2 Å². The molecule has 0 N–H and O–H groups in total. The van der Waals surface area contributed by atoms with Crippen molar-refractivity contribution >= 4 is 34.0 Å². The van der Waals surface area contributed by atoms with Gasteiger partial charge in [0.15, 0.2) is 5.82 Å². The Morgan fingerprint density at radius 2 is 1.97 bits per heavy atom. The van der Waals surface area contributed by atoms with Crippen LogP contribution < -0.4 is 14.8 Å². The molecule has 0 unspecified atom stereocenters. The smallest absolute Gasteiger partial charge is 0.291 e. The summed E-state index contributed by atoms with van der Waals surface area (Å²) in [4.78, 5) is 17.9. The molecule has 0 spiro atoms. The molecule has 3 heterocycles. The average Bonchev–Trinajstić information content (AvgIpc) is 3.52. The highest BCUT2D eigenvalue weighted by atomic mass is 35.5. The summed E-state index contributed by atoms with van der Waals surface area (Å²) in [6.45, 7) is 2.83. The summed E-state index contributed by atoms with van der Waals surface area (Å²) in [5.41, 5.74) is 1.48. The molecule has 0 saturated carbocycles. The first-order valence-corrected chi connectivity index (χ1v) is 11.8. The van der Waals surface area contributed by atoms with E-state index in [0.29, 0.717) is 38.5 Å². The van der Waals surface area contributed by atoms with E-state index in [-0.39, 0.29) is 5.56 Å². The normalized spacial score (nSPS) is 12.0. The molecular weight excluding hydrogens is 458 g/mol. The van der Waals surface area contributed by atoms with Crippen molar-refractivity contribution in [3.8, 4) is 28.5 Å². The Balaban J connectivity index is 1.40. The van der Waals surface area contributed by atoms with E-state index in [1.165, 1.54) is 15.9 Å². The maximum Gasteiger partial charge on any atom is 0.291 e. The second-order valence-corrected chi connectivity index (χ2v) is 8.93. The van der Waals surface area contributed by atoms with Crippen LogP contribution in [0.1, 0.15) is 25.5 Å². The van der Waals surface area contributed by atoms with Gasteiger partial charge < -0.3 is 9.15 Å². The van der Waals surface area contributed by atoms with Crippen molar-refractivity contribution in [2.24, 2.45) is 0 Å². The Kier molecular flexibility index (Phi) is 5.98. The standard InChI is InChI=1S/C25H20ClN3O3S/c1-2-3-13-31-19-9-7-16(8-10-19)23-27-25-29(28-23)24(30)22(33-25)15-20-11-12-21(32-20)17-5-4-6-18(26)14-17/h4-12,14-15H,2-3,13H2,1H3/b22-15-. The van der Waals surface area contributed by atoms with Crippen molar-refractivity contribution in [1.29, 1.82) is 0 Å². The Morgan fingerprint density at radius 1 is 1.12 bits per heavy atom. The van der Waals surface area contributed by atoms with Crippen LogP contribution >= 0.6 is 22.9 Å². The van der Waals surface area contributed by atoms with Crippen LogP contribution in [0.25, 0.3) is 33.7 Å². The molecular formula is C25H20ClN3O3S. The molecule has 2 aromatic carbocycles. The van der Waals surface area contributed by atoms with E-state index in [1.54, 1.807) is 6.08 Å². The van der Waals surface area contributed by atoms with Gasteiger partial charge in [-0.2, -0.15) is 9.50 Å². The number of benzene rings is 2. The summed E-state index contributed by atoms with van der Waals surface area (Å²) < 4.78 is 13.4. The van der Waals surface area contributed by atoms with Crippen LogP contribution in [0.15, 0.2) is 69.9 Å². The predicted octanol–water partition coefficient (Wildman–Crippen LogP) is 5.46. The zero-order chi connectivity index (χ0) is 22.8. The summed E-state index contributed by atoms with van der Waals surface area (Å²) in [5.74, 6) is 2.57. The van der Waals surface area contributed by atoms with Crippen molar-refractivity contribution in [2.45, 2.75) is 19.8 Å². The zero-order valence-corrected chi connectivity index (χ0v) is 19.4. The highest BCUT2D eigenvalue weighted by Crippen LogP contribution is 2.25. The summed E-state index contributed by atoms with van der Waals surface area (Å²) in [6.07, 6.45) is 3.82. The molecule has 0 fully saturated rings. The molecule has 0 bridgehead atoms. The van der Waals surface area contributed by atoms with Gasteiger partial charge in [0.2, 0.25) is 4.96 Å². The van der Waals surface area contributed by atoms with E-state index >= 15 is 0 Å². The third-order valence-electron chi connectivity index (χ3n) is 5.07. The lowest BCUT2D eigenvalue weighted by atomic mass is 10.2. The van der Waals surface area contributed by atoms with E-state index in [1.807, 2.05) is 60.7 Å². The monoisotopic (exact) mass is 477 g/mol. The quantitative estimate of drug-likeness (QED) is 0.291. The van der Waals surface area contributed by atoms with Crippen molar-refractivity contribution in [3.63, 3.8) is 0 Å². The molecule has 0 amide bonds. The molecule has 6 nitrogen and oxygen atoms in total. The maximum atomic E-state index is 12.9. The van der Waals surface area contributed by atoms with Crippen molar-refractivity contribution in [3.05, 3.63) is 86.3 Å². The summed E-state index contributed by atoms with van der Waals surface area (Å²) >= 11 is 7.34. The number of hydrogen-bond acceptors (Lipinski definition) is 6. The fraction of sp³-hybridized carbons (Fsp3) is 0.160. The van der Waals surface area contributed by atoms with E-state index in [4.69, 9.17) is 20.8 Å². The van der Waals surface area contributed by atoms with Crippen LogP contribution in [0, 0.1) is 0 Å². The van der Waals surface area contributed by atoms with E-state index in [2.05, 4.69) is 17.0 Å². The number of thiazole rings is 1. The molecule has 5 rings (SSSR count). The lowest BCUT2D eigenvalue weighted by Gasteiger charge is -2.05. The molecule has 0 aliphatic rings. The van der Waals surface area contributed by atoms with Gasteiger partial charge in [0.25, 0.3) is 5.56 Å². The largest absolute Gasteiger partial charge is 0.494 e. The van der Waals surface area contributed by atoms with Gasteiger partial charge in [-0.15, -0.1) is 5.10 Å². The number of rotatable bonds is 7. The van der Waals surface area contributed by atoms with Crippen molar-refractivity contribution < 1.29 is 9.15 Å².